The summed E-state index contributed by atoms with van der Waals surface area (Å²) in [5, 5.41) is 11.4. The van der Waals surface area contributed by atoms with Crippen LogP contribution in [0.25, 0.3) is 0 Å². The molecule has 142 valence electrons. The topological polar surface area (TPSA) is 88.2 Å². The summed E-state index contributed by atoms with van der Waals surface area (Å²) in [6.07, 6.45) is 6.14. The molecule has 0 radical (unpaired) electrons. The third kappa shape index (κ3) is 5.33. The van der Waals surface area contributed by atoms with Crippen molar-refractivity contribution >= 4 is 33.3 Å². The van der Waals surface area contributed by atoms with Gasteiger partial charge in [-0.15, -0.1) is 0 Å². The molecule has 0 aliphatic carbocycles. The number of nitrogens with one attached hydrogen (secondary N) is 2. The highest BCUT2D eigenvalue weighted by molar-refractivity contribution is 8.77. The van der Waals surface area contributed by atoms with Gasteiger partial charge in [-0.05, 0) is 43.9 Å². The van der Waals surface area contributed by atoms with E-state index in [2.05, 4.69) is 5.32 Å². The van der Waals surface area contributed by atoms with Crippen molar-refractivity contribution in [3.05, 3.63) is 29.3 Å². The molecule has 2 aliphatic heterocycles. The minimum atomic E-state index is 0.0707. The van der Waals surface area contributed by atoms with Crippen molar-refractivity contribution in [1.29, 1.82) is 5.41 Å². The molecule has 7 heteroatoms. The zero-order valence-corrected chi connectivity index (χ0v) is 16.6. The van der Waals surface area contributed by atoms with E-state index >= 15 is 0 Å². The lowest BCUT2D eigenvalue weighted by molar-refractivity contribution is -0.121. The van der Waals surface area contributed by atoms with E-state index in [9.17, 15) is 4.79 Å². The van der Waals surface area contributed by atoms with Crippen molar-refractivity contribution in [3.63, 3.8) is 0 Å². The molecule has 3 rings (SSSR count). The van der Waals surface area contributed by atoms with Crippen LogP contribution < -0.4 is 15.8 Å². The van der Waals surface area contributed by atoms with E-state index < -0.39 is 0 Å². The summed E-state index contributed by atoms with van der Waals surface area (Å²) < 4.78 is 5.70. The van der Waals surface area contributed by atoms with Crippen LogP contribution in [-0.2, 0) is 4.79 Å². The van der Waals surface area contributed by atoms with E-state index in [0.29, 0.717) is 19.6 Å². The van der Waals surface area contributed by atoms with E-state index in [4.69, 9.17) is 15.9 Å². The largest absolute Gasteiger partial charge is 0.493 e. The second kappa shape index (κ2) is 9.55. The fourth-order valence-electron chi connectivity index (χ4n) is 3.38. The van der Waals surface area contributed by atoms with Crippen LogP contribution in [0.1, 0.15) is 55.6 Å². The van der Waals surface area contributed by atoms with Crippen LogP contribution in [-0.4, -0.2) is 35.9 Å². The maximum Gasteiger partial charge on any atom is 0.219 e. The number of unbranched alkanes of at least 4 members (excludes halogenated alkanes) is 1. The van der Waals surface area contributed by atoms with Crippen molar-refractivity contribution in [2.45, 2.75) is 49.7 Å². The quantitative estimate of drug-likeness (QED) is 0.258. The monoisotopic (exact) mass is 393 g/mol. The summed E-state index contributed by atoms with van der Waals surface area (Å²) in [4.78, 5) is 12.0. The Labute approximate surface area is 163 Å². The number of amidine groups is 1. The molecule has 1 fully saturated rings. The van der Waals surface area contributed by atoms with Gasteiger partial charge in [0, 0.05) is 41.0 Å². The molecule has 2 unspecified atom stereocenters. The van der Waals surface area contributed by atoms with Crippen LogP contribution in [0.4, 0.5) is 0 Å². The number of carbonyl (C=O) groups is 1. The summed E-state index contributed by atoms with van der Waals surface area (Å²) in [7, 11) is 3.99. The number of nitrogens with two attached hydrogens (primary N) is 1. The first-order chi connectivity index (χ1) is 12.6. The second-order valence-corrected chi connectivity index (χ2v) is 9.68. The standard InChI is InChI=1S/C19H27N3O2S2/c20-19(21)13-5-6-17-16(11-13)14(12-24-17)7-9-22-18(23)4-2-1-3-15-8-10-25-26-15/h5-6,11,14-15H,1-4,7-10,12H2,(H3,20,21)(H,22,23). The van der Waals surface area contributed by atoms with Gasteiger partial charge in [0.25, 0.3) is 0 Å². The number of nitrogen functional groups attached to an aromatic ring is 1. The summed E-state index contributed by atoms with van der Waals surface area (Å²) >= 11 is 0. The molecule has 5 nitrogen and oxygen atoms in total. The molecular weight excluding hydrogens is 366 g/mol. The number of hydrogen-bond acceptors (Lipinski definition) is 5. The molecule has 0 saturated carbocycles. The number of rotatable bonds is 9. The van der Waals surface area contributed by atoms with Gasteiger partial charge < -0.3 is 15.8 Å². The van der Waals surface area contributed by atoms with Crippen LogP contribution in [0.15, 0.2) is 18.2 Å². The smallest absolute Gasteiger partial charge is 0.219 e. The van der Waals surface area contributed by atoms with E-state index in [1.807, 2.05) is 39.8 Å². The van der Waals surface area contributed by atoms with Crippen LogP contribution in [0.3, 0.4) is 0 Å². The fourth-order valence-corrected chi connectivity index (χ4v) is 6.41. The third-order valence-electron chi connectivity index (χ3n) is 4.92. The second-order valence-electron chi connectivity index (χ2n) is 6.89. The minimum absolute atomic E-state index is 0.0707. The van der Waals surface area contributed by atoms with Crippen LogP contribution in [0.5, 0.6) is 5.75 Å². The highest BCUT2D eigenvalue weighted by Gasteiger charge is 2.24. The lowest BCUT2D eigenvalue weighted by Crippen LogP contribution is -2.25. The summed E-state index contributed by atoms with van der Waals surface area (Å²) in [6.45, 7) is 1.29. The lowest BCUT2D eigenvalue weighted by Gasteiger charge is -2.11. The SMILES string of the molecule is N=C(N)c1ccc2c(c1)C(CCNC(=O)CCCCC1CCSS1)CO2. The molecule has 1 aromatic carbocycles. The number of benzene rings is 1. The highest BCUT2D eigenvalue weighted by atomic mass is 33.1. The highest BCUT2D eigenvalue weighted by Crippen LogP contribution is 2.40. The maximum atomic E-state index is 12.0. The summed E-state index contributed by atoms with van der Waals surface area (Å²) in [5.74, 6) is 2.62. The normalized spacial score (nSPS) is 21.2. The Morgan fingerprint density at radius 2 is 2.23 bits per heavy atom. The van der Waals surface area contributed by atoms with E-state index in [1.165, 1.54) is 18.6 Å². The van der Waals surface area contributed by atoms with Crippen molar-refractivity contribution < 1.29 is 9.53 Å². The fraction of sp³-hybridized carbons (Fsp3) is 0.579. The Morgan fingerprint density at radius 1 is 1.35 bits per heavy atom. The molecule has 1 amide bonds. The Bertz CT molecular complexity index is 648. The van der Waals surface area contributed by atoms with Crippen LogP contribution in [0, 0.1) is 5.41 Å². The molecule has 0 aromatic heterocycles. The zero-order valence-electron chi connectivity index (χ0n) is 15.0. The average molecular weight is 394 g/mol. The van der Waals surface area contributed by atoms with Gasteiger partial charge >= 0.3 is 0 Å². The van der Waals surface area contributed by atoms with Gasteiger partial charge in [-0.1, -0.05) is 28.0 Å². The minimum Gasteiger partial charge on any atom is -0.493 e. The summed E-state index contributed by atoms with van der Waals surface area (Å²) in [6, 6.07) is 5.64. The summed E-state index contributed by atoms with van der Waals surface area (Å²) in [5.41, 5.74) is 7.39. The molecule has 2 heterocycles. The Hall–Kier alpha value is -1.34. The van der Waals surface area contributed by atoms with Crippen LogP contribution >= 0.6 is 21.6 Å². The Kier molecular flexibility index (Phi) is 7.14. The van der Waals surface area contributed by atoms with Gasteiger partial charge in [0.05, 0.1) is 6.61 Å². The van der Waals surface area contributed by atoms with Crippen LogP contribution in [0.2, 0.25) is 0 Å². The molecule has 26 heavy (non-hydrogen) atoms. The molecule has 0 spiro atoms. The molecular formula is C19H27N3O2S2. The van der Waals surface area contributed by atoms with Crippen molar-refractivity contribution in [1.82, 2.24) is 5.32 Å². The van der Waals surface area contributed by atoms with Crippen molar-refractivity contribution in [2.24, 2.45) is 5.73 Å². The van der Waals surface area contributed by atoms with Gasteiger partial charge in [-0.2, -0.15) is 0 Å². The molecule has 0 bridgehead atoms. The Morgan fingerprint density at radius 3 is 3.00 bits per heavy atom. The van der Waals surface area contributed by atoms with E-state index in [1.54, 1.807) is 0 Å². The molecule has 1 saturated heterocycles. The van der Waals surface area contributed by atoms with Gasteiger partial charge in [0.1, 0.15) is 11.6 Å². The number of hydrogen-bond donors (Lipinski definition) is 3. The molecule has 4 N–H and O–H groups in total. The predicted octanol–water partition coefficient (Wildman–Crippen LogP) is 3.67. The molecule has 1 aromatic rings. The first-order valence-electron chi connectivity index (χ1n) is 9.29. The van der Waals surface area contributed by atoms with E-state index in [0.717, 1.165) is 41.4 Å². The van der Waals surface area contributed by atoms with Gasteiger partial charge in [0.15, 0.2) is 0 Å². The number of ether oxygens (including phenoxy) is 1. The zero-order chi connectivity index (χ0) is 18.4. The number of carbonyl (C=O) groups excluding carboxylic acids is 1. The lowest BCUT2D eigenvalue weighted by atomic mass is 9.96. The molecule has 2 aliphatic rings. The van der Waals surface area contributed by atoms with E-state index in [-0.39, 0.29) is 17.7 Å². The average Bonchev–Trinajstić information content (AvgIpc) is 3.28. The van der Waals surface area contributed by atoms with Gasteiger partial charge in [-0.3, -0.25) is 10.2 Å². The van der Waals surface area contributed by atoms with Gasteiger partial charge in [-0.25, -0.2) is 0 Å². The number of fused-ring (bicyclic) bond motifs is 1. The van der Waals surface area contributed by atoms with Crippen molar-refractivity contribution in [2.75, 3.05) is 18.9 Å². The maximum absolute atomic E-state index is 12.0. The third-order valence-corrected chi connectivity index (χ3v) is 7.93. The first-order valence-corrected chi connectivity index (χ1v) is 11.7. The Balaban J connectivity index is 1.34. The van der Waals surface area contributed by atoms with Crippen molar-refractivity contribution in [3.8, 4) is 5.75 Å². The molecule has 2 atom stereocenters. The first kappa shape index (κ1) is 19.4. The number of amides is 1. The predicted molar refractivity (Wildman–Crippen MR) is 110 cm³/mol. The van der Waals surface area contributed by atoms with Gasteiger partial charge in [0.2, 0.25) is 5.91 Å².